The largest absolute Gasteiger partial charge is 0.434 e. The molecule has 1 aliphatic rings. The molecule has 0 saturated heterocycles. The molecule has 6 nitrogen and oxygen atoms in total. The Morgan fingerprint density at radius 1 is 1.19 bits per heavy atom. The average molecular weight is 423 g/mol. The van der Waals surface area contributed by atoms with Crippen LogP contribution < -0.4 is 10.3 Å². The number of rotatable bonds is 4. The second-order valence-corrected chi connectivity index (χ2v) is 7.59. The summed E-state index contributed by atoms with van der Waals surface area (Å²) in [5.41, 5.74) is 4.33. The number of aromatic amines is 1. The van der Waals surface area contributed by atoms with Gasteiger partial charge in [0.05, 0.1) is 17.1 Å². The molecule has 5 rings (SSSR count). The maximum Gasteiger partial charge on any atom is 0.387 e. The van der Waals surface area contributed by atoms with Crippen LogP contribution in [0.2, 0.25) is 0 Å². The van der Waals surface area contributed by atoms with Gasteiger partial charge in [-0.1, -0.05) is 24.3 Å². The molecular formula is C23H19F2N3O3. The smallest absolute Gasteiger partial charge is 0.387 e. The Morgan fingerprint density at radius 2 is 2.00 bits per heavy atom. The van der Waals surface area contributed by atoms with Crippen LogP contribution in [0, 0.1) is 6.92 Å². The van der Waals surface area contributed by atoms with Gasteiger partial charge in [0, 0.05) is 29.3 Å². The van der Waals surface area contributed by atoms with Crippen LogP contribution in [0.5, 0.6) is 5.75 Å². The molecule has 0 saturated carbocycles. The number of aliphatic hydroxyl groups is 1. The first kappa shape index (κ1) is 19.4. The number of imidazole rings is 1. The minimum Gasteiger partial charge on any atom is -0.434 e. The van der Waals surface area contributed by atoms with Crippen LogP contribution >= 0.6 is 0 Å². The van der Waals surface area contributed by atoms with Crippen LogP contribution in [0.1, 0.15) is 35.6 Å². The predicted molar refractivity (Wildman–Crippen MR) is 111 cm³/mol. The van der Waals surface area contributed by atoms with E-state index in [1.807, 2.05) is 29.7 Å². The lowest BCUT2D eigenvalue weighted by Gasteiger charge is -2.19. The van der Waals surface area contributed by atoms with Crippen LogP contribution in [-0.2, 0) is 0 Å². The van der Waals surface area contributed by atoms with Gasteiger partial charge < -0.3 is 19.4 Å². The molecule has 2 aromatic carbocycles. The van der Waals surface area contributed by atoms with E-state index in [9.17, 15) is 18.7 Å². The molecule has 0 amide bonds. The van der Waals surface area contributed by atoms with Gasteiger partial charge in [-0.2, -0.15) is 8.78 Å². The number of para-hydroxylation sites is 1. The standard InChI is InChI=1S/C23H19F2N3O3/c1-12-14(7-9-21(30)26-12)13-6-8-16-18(10-13)28-17(11-19(29)22(28)27-16)15-4-2-3-5-20(15)31-23(24)25/h2-10,17,19,23,29H,11H2,1H3,(H,26,30)/t17-,19-/m1/s1. The van der Waals surface area contributed by atoms with Gasteiger partial charge in [0.2, 0.25) is 5.56 Å². The molecule has 0 bridgehead atoms. The lowest BCUT2D eigenvalue weighted by Crippen LogP contribution is -2.10. The van der Waals surface area contributed by atoms with Crippen LogP contribution in [0.25, 0.3) is 22.2 Å². The van der Waals surface area contributed by atoms with Crippen molar-refractivity contribution in [3.63, 3.8) is 0 Å². The van der Waals surface area contributed by atoms with E-state index in [0.29, 0.717) is 23.3 Å². The number of halogens is 2. The van der Waals surface area contributed by atoms with Crippen molar-refractivity contribution in [3.05, 3.63) is 82.0 Å². The van der Waals surface area contributed by atoms with Crippen molar-refractivity contribution >= 4 is 11.0 Å². The zero-order valence-electron chi connectivity index (χ0n) is 16.5. The maximum atomic E-state index is 12.9. The highest BCUT2D eigenvalue weighted by molar-refractivity contribution is 5.84. The van der Waals surface area contributed by atoms with Crippen molar-refractivity contribution < 1.29 is 18.6 Å². The minimum atomic E-state index is -2.94. The molecule has 2 N–H and O–H groups in total. The highest BCUT2D eigenvalue weighted by Crippen LogP contribution is 2.44. The van der Waals surface area contributed by atoms with Gasteiger partial charge in [0.25, 0.3) is 0 Å². The first-order chi connectivity index (χ1) is 14.9. The monoisotopic (exact) mass is 423 g/mol. The van der Waals surface area contributed by atoms with Crippen molar-refractivity contribution in [1.29, 1.82) is 0 Å². The number of pyridine rings is 1. The lowest BCUT2D eigenvalue weighted by molar-refractivity contribution is -0.0507. The number of ether oxygens (including phenoxy) is 1. The molecule has 158 valence electrons. The van der Waals surface area contributed by atoms with Crippen molar-refractivity contribution in [2.75, 3.05) is 0 Å². The van der Waals surface area contributed by atoms with E-state index in [1.165, 1.54) is 12.1 Å². The predicted octanol–water partition coefficient (Wildman–Crippen LogP) is 4.33. The van der Waals surface area contributed by atoms with Gasteiger partial charge in [0.1, 0.15) is 17.7 Å². The summed E-state index contributed by atoms with van der Waals surface area (Å²) < 4.78 is 32.5. The van der Waals surface area contributed by atoms with E-state index in [4.69, 9.17) is 4.74 Å². The highest BCUT2D eigenvalue weighted by Gasteiger charge is 2.35. The molecule has 2 aromatic heterocycles. The summed E-state index contributed by atoms with van der Waals surface area (Å²) >= 11 is 0. The maximum absolute atomic E-state index is 12.9. The fourth-order valence-corrected chi connectivity index (χ4v) is 4.38. The zero-order chi connectivity index (χ0) is 21.7. The summed E-state index contributed by atoms with van der Waals surface area (Å²) in [7, 11) is 0. The van der Waals surface area contributed by atoms with Gasteiger partial charge in [-0.3, -0.25) is 4.79 Å². The van der Waals surface area contributed by atoms with Gasteiger partial charge >= 0.3 is 6.61 Å². The topological polar surface area (TPSA) is 80.1 Å². The van der Waals surface area contributed by atoms with Crippen molar-refractivity contribution in [2.45, 2.75) is 32.1 Å². The zero-order valence-corrected chi connectivity index (χ0v) is 16.5. The van der Waals surface area contributed by atoms with Gasteiger partial charge in [-0.05, 0) is 36.8 Å². The number of alkyl halides is 2. The number of hydrogen-bond donors (Lipinski definition) is 2. The molecule has 1 aliphatic heterocycles. The number of fused-ring (bicyclic) bond motifs is 3. The molecule has 8 heteroatoms. The molecule has 2 atom stereocenters. The quantitative estimate of drug-likeness (QED) is 0.512. The summed E-state index contributed by atoms with van der Waals surface area (Å²) in [5.74, 6) is 0.569. The van der Waals surface area contributed by atoms with Gasteiger partial charge in [-0.15, -0.1) is 0 Å². The molecule has 4 aromatic rings. The second-order valence-electron chi connectivity index (χ2n) is 7.59. The van der Waals surface area contributed by atoms with E-state index in [1.54, 1.807) is 24.3 Å². The minimum absolute atomic E-state index is 0.0806. The first-order valence-electron chi connectivity index (χ1n) is 9.86. The van der Waals surface area contributed by atoms with Gasteiger partial charge in [0.15, 0.2) is 0 Å². The van der Waals surface area contributed by atoms with Crippen molar-refractivity contribution in [2.24, 2.45) is 0 Å². The first-order valence-corrected chi connectivity index (χ1v) is 9.86. The molecule has 0 radical (unpaired) electrons. The molecule has 3 heterocycles. The Balaban J connectivity index is 1.68. The fraction of sp³-hybridized carbons (Fsp3) is 0.217. The third-order valence-corrected chi connectivity index (χ3v) is 5.69. The van der Waals surface area contributed by atoms with E-state index in [0.717, 1.165) is 22.3 Å². The highest BCUT2D eigenvalue weighted by atomic mass is 19.3. The van der Waals surface area contributed by atoms with E-state index in [-0.39, 0.29) is 11.3 Å². The summed E-state index contributed by atoms with van der Waals surface area (Å²) in [6, 6.07) is 15.1. The summed E-state index contributed by atoms with van der Waals surface area (Å²) in [5, 5.41) is 10.6. The van der Waals surface area contributed by atoms with Gasteiger partial charge in [-0.25, -0.2) is 4.98 Å². The SMILES string of the molecule is Cc1[nH]c(=O)ccc1-c1ccc2nc3n(c2c1)[C@@H](c1ccccc1OC(F)F)C[C@H]3O. The second kappa shape index (κ2) is 7.31. The molecule has 0 aliphatic carbocycles. The number of nitrogens with one attached hydrogen (secondary N) is 1. The molecule has 0 fully saturated rings. The third kappa shape index (κ3) is 3.29. The molecular weight excluding hydrogens is 404 g/mol. The van der Waals surface area contributed by atoms with Crippen LogP contribution in [0.3, 0.4) is 0 Å². The number of aryl methyl sites for hydroxylation is 1. The van der Waals surface area contributed by atoms with Crippen LogP contribution in [-0.4, -0.2) is 26.3 Å². The number of hydrogen-bond acceptors (Lipinski definition) is 4. The number of aliphatic hydroxyl groups excluding tert-OH is 1. The summed E-state index contributed by atoms with van der Waals surface area (Å²) in [6.45, 7) is -1.12. The Labute approximate surface area is 175 Å². The van der Waals surface area contributed by atoms with Crippen molar-refractivity contribution in [3.8, 4) is 16.9 Å². The Bertz CT molecular complexity index is 1350. The lowest BCUT2D eigenvalue weighted by atomic mass is 10.0. The number of H-pyrrole nitrogens is 1. The molecule has 0 unspecified atom stereocenters. The van der Waals surface area contributed by atoms with E-state index < -0.39 is 18.8 Å². The Morgan fingerprint density at radius 3 is 2.77 bits per heavy atom. The fourth-order valence-electron chi connectivity index (χ4n) is 4.38. The van der Waals surface area contributed by atoms with Crippen LogP contribution in [0.15, 0.2) is 59.4 Å². The van der Waals surface area contributed by atoms with E-state index >= 15 is 0 Å². The number of aromatic nitrogens is 3. The summed E-state index contributed by atoms with van der Waals surface area (Å²) in [6.07, 6.45) is -0.514. The summed E-state index contributed by atoms with van der Waals surface area (Å²) in [4.78, 5) is 19.0. The molecule has 0 spiro atoms. The van der Waals surface area contributed by atoms with E-state index in [2.05, 4.69) is 9.97 Å². The number of benzene rings is 2. The molecule has 31 heavy (non-hydrogen) atoms. The van der Waals surface area contributed by atoms with Crippen LogP contribution in [0.4, 0.5) is 8.78 Å². The number of nitrogens with zero attached hydrogens (tertiary/aromatic N) is 2. The Hall–Kier alpha value is -3.52. The normalized spacial score (nSPS) is 18.0. The third-order valence-electron chi connectivity index (χ3n) is 5.69. The average Bonchev–Trinajstić information content (AvgIpc) is 3.25. The van der Waals surface area contributed by atoms with Crippen molar-refractivity contribution in [1.82, 2.24) is 14.5 Å². The Kier molecular flexibility index (Phi) is 4.59.